The quantitative estimate of drug-likeness (QED) is 0.760. The summed E-state index contributed by atoms with van der Waals surface area (Å²) in [5.74, 6) is -0.598. The van der Waals surface area contributed by atoms with Crippen molar-refractivity contribution in [3.05, 3.63) is 51.2 Å². The molecule has 2 rings (SSSR count). The molecule has 4 nitrogen and oxygen atoms in total. The van der Waals surface area contributed by atoms with Gasteiger partial charge in [0.05, 0.1) is 4.34 Å². The Morgan fingerprint density at radius 2 is 2.14 bits per heavy atom. The lowest BCUT2D eigenvalue weighted by atomic mass is 10.2. The summed E-state index contributed by atoms with van der Waals surface area (Å²) in [6.45, 7) is 3.06. The zero-order chi connectivity index (χ0) is 15.2. The van der Waals surface area contributed by atoms with E-state index in [0.717, 1.165) is 9.21 Å². The molecule has 1 atom stereocenters. The van der Waals surface area contributed by atoms with Gasteiger partial charge >= 0.3 is 5.97 Å². The number of halogens is 1. The third-order valence-corrected chi connectivity index (χ3v) is 4.36. The molecule has 6 heteroatoms. The van der Waals surface area contributed by atoms with Gasteiger partial charge in [0.15, 0.2) is 0 Å². The highest BCUT2D eigenvalue weighted by Gasteiger charge is 2.10. The highest BCUT2D eigenvalue weighted by atomic mass is 35.5. The third kappa shape index (κ3) is 4.46. The molecule has 0 amide bonds. The Morgan fingerprint density at radius 1 is 1.38 bits per heavy atom. The first-order chi connectivity index (χ1) is 10.1. The fraction of sp³-hybridized carbons (Fsp3) is 0.267. The molecule has 0 aliphatic heterocycles. The van der Waals surface area contributed by atoms with E-state index in [4.69, 9.17) is 21.4 Å². The molecule has 2 aromatic rings. The molecule has 21 heavy (non-hydrogen) atoms. The van der Waals surface area contributed by atoms with E-state index in [-0.39, 0.29) is 11.6 Å². The number of aromatic carboxylic acids is 1. The maximum absolute atomic E-state index is 11.0. The summed E-state index contributed by atoms with van der Waals surface area (Å²) in [5.41, 5.74) is 0.176. The molecule has 112 valence electrons. The van der Waals surface area contributed by atoms with Gasteiger partial charge in [-0.05, 0) is 31.2 Å². The number of ether oxygens (including phenoxy) is 1. The van der Waals surface area contributed by atoms with Crippen molar-refractivity contribution in [2.24, 2.45) is 0 Å². The molecule has 1 unspecified atom stereocenters. The van der Waals surface area contributed by atoms with Crippen molar-refractivity contribution in [3.63, 3.8) is 0 Å². The fourth-order valence-electron chi connectivity index (χ4n) is 1.87. The Hall–Kier alpha value is -1.56. The second-order valence-electron chi connectivity index (χ2n) is 4.47. The average molecular weight is 326 g/mol. The number of carboxylic acid groups (broad SMARTS) is 1. The van der Waals surface area contributed by atoms with E-state index < -0.39 is 5.97 Å². The van der Waals surface area contributed by atoms with Gasteiger partial charge in [-0.25, -0.2) is 4.79 Å². The maximum Gasteiger partial charge on any atom is 0.339 e. The van der Waals surface area contributed by atoms with Crippen LogP contribution in [0.1, 0.15) is 28.2 Å². The molecule has 0 saturated heterocycles. The summed E-state index contributed by atoms with van der Waals surface area (Å²) in [7, 11) is 0. The van der Waals surface area contributed by atoms with Gasteiger partial charge in [-0.1, -0.05) is 23.7 Å². The summed E-state index contributed by atoms with van der Waals surface area (Å²) in [6, 6.07) is 10.7. The van der Waals surface area contributed by atoms with Crippen LogP contribution in [0, 0.1) is 0 Å². The number of rotatable bonds is 7. The Labute approximate surface area is 132 Å². The summed E-state index contributed by atoms with van der Waals surface area (Å²) >= 11 is 7.44. The molecule has 0 fully saturated rings. The first-order valence-corrected chi connectivity index (χ1v) is 7.71. The molecule has 1 aromatic carbocycles. The van der Waals surface area contributed by atoms with E-state index in [9.17, 15) is 4.79 Å². The number of hydrogen-bond acceptors (Lipinski definition) is 4. The monoisotopic (exact) mass is 325 g/mol. The predicted octanol–water partition coefficient (Wildman–Crippen LogP) is 3.83. The second-order valence-corrected chi connectivity index (χ2v) is 6.21. The molecule has 0 aliphatic rings. The standard InChI is InChI=1S/C15H16ClNO3S/c1-10(13-6-7-14(16)21-13)17-8-9-20-12-5-3-2-4-11(12)15(18)19/h2-7,10,17H,8-9H2,1H3,(H,18,19). The normalized spacial score (nSPS) is 12.1. The Bertz CT molecular complexity index is 614. The van der Waals surface area contributed by atoms with Gasteiger partial charge in [0, 0.05) is 17.5 Å². The van der Waals surface area contributed by atoms with Crippen LogP contribution in [0.3, 0.4) is 0 Å². The van der Waals surface area contributed by atoms with Gasteiger partial charge in [-0.15, -0.1) is 11.3 Å². The smallest absolute Gasteiger partial charge is 0.339 e. The molecule has 1 heterocycles. The van der Waals surface area contributed by atoms with Crippen LogP contribution >= 0.6 is 22.9 Å². The average Bonchev–Trinajstić information content (AvgIpc) is 2.90. The van der Waals surface area contributed by atoms with E-state index in [2.05, 4.69) is 5.32 Å². The van der Waals surface area contributed by atoms with E-state index in [1.54, 1.807) is 29.5 Å². The minimum Gasteiger partial charge on any atom is -0.491 e. The molecule has 1 aromatic heterocycles. The zero-order valence-electron chi connectivity index (χ0n) is 11.5. The number of para-hydroxylation sites is 1. The summed E-state index contributed by atoms with van der Waals surface area (Å²) in [4.78, 5) is 12.2. The lowest BCUT2D eigenvalue weighted by Crippen LogP contribution is -2.24. The van der Waals surface area contributed by atoms with E-state index in [1.165, 1.54) is 6.07 Å². The highest BCUT2D eigenvalue weighted by Crippen LogP contribution is 2.26. The Kier molecular flexibility index (Phi) is 5.61. The lowest BCUT2D eigenvalue weighted by Gasteiger charge is -2.13. The van der Waals surface area contributed by atoms with Crippen molar-refractivity contribution in [1.29, 1.82) is 0 Å². The molecular formula is C15H16ClNO3S. The molecule has 0 radical (unpaired) electrons. The minimum atomic E-state index is -0.986. The second kappa shape index (κ2) is 7.45. The van der Waals surface area contributed by atoms with Crippen molar-refractivity contribution in [1.82, 2.24) is 5.32 Å². The van der Waals surface area contributed by atoms with Gasteiger partial charge in [0.25, 0.3) is 0 Å². The van der Waals surface area contributed by atoms with Gasteiger partial charge in [0.1, 0.15) is 17.9 Å². The first-order valence-electron chi connectivity index (χ1n) is 6.51. The van der Waals surface area contributed by atoms with Crippen LogP contribution in [0.15, 0.2) is 36.4 Å². The topological polar surface area (TPSA) is 58.6 Å². The van der Waals surface area contributed by atoms with Crippen molar-refractivity contribution in [2.75, 3.05) is 13.2 Å². The number of hydrogen-bond donors (Lipinski definition) is 2. The number of benzene rings is 1. The van der Waals surface area contributed by atoms with Crippen molar-refractivity contribution in [2.45, 2.75) is 13.0 Å². The molecule has 0 spiro atoms. The van der Waals surface area contributed by atoms with Crippen molar-refractivity contribution in [3.8, 4) is 5.75 Å². The number of nitrogens with one attached hydrogen (secondary N) is 1. The van der Waals surface area contributed by atoms with Gasteiger partial charge in [-0.3, -0.25) is 0 Å². The third-order valence-electron chi connectivity index (χ3n) is 2.95. The summed E-state index contributed by atoms with van der Waals surface area (Å²) in [6.07, 6.45) is 0. The number of carbonyl (C=O) groups is 1. The largest absolute Gasteiger partial charge is 0.491 e. The molecule has 2 N–H and O–H groups in total. The van der Waals surface area contributed by atoms with Crippen LogP contribution in [-0.2, 0) is 0 Å². The summed E-state index contributed by atoms with van der Waals surface area (Å²) in [5, 5.41) is 12.4. The van der Waals surface area contributed by atoms with Gasteiger partial charge < -0.3 is 15.2 Å². The van der Waals surface area contributed by atoms with E-state index >= 15 is 0 Å². The van der Waals surface area contributed by atoms with Crippen LogP contribution in [0.25, 0.3) is 0 Å². The van der Waals surface area contributed by atoms with E-state index in [0.29, 0.717) is 18.9 Å². The Balaban J connectivity index is 1.81. The van der Waals surface area contributed by atoms with Crippen LogP contribution in [0.5, 0.6) is 5.75 Å². The Morgan fingerprint density at radius 3 is 2.81 bits per heavy atom. The molecule has 0 aliphatic carbocycles. The van der Waals surface area contributed by atoms with E-state index in [1.807, 2.05) is 19.1 Å². The minimum absolute atomic E-state index is 0.176. The number of carboxylic acids is 1. The van der Waals surface area contributed by atoms with Crippen LogP contribution in [-0.4, -0.2) is 24.2 Å². The van der Waals surface area contributed by atoms with Crippen molar-refractivity contribution >= 4 is 28.9 Å². The predicted molar refractivity (Wildman–Crippen MR) is 84.6 cm³/mol. The SMILES string of the molecule is CC(NCCOc1ccccc1C(=O)O)c1ccc(Cl)s1. The van der Waals surface area contributed by atoms with Crippen LogP contribution in [0.4, 0.5) is 0 Å². The molecule has 0 bridgehead atoms. The first kappa shape index (κ1) is 15.8. The maximum atomic E-state index is 11.0. The highest BCUT2D eigenvalue weighted by molar-refractivity contribution is 7.16. The molecule has 0 saturated carbocycles. The van der Waals surface area contributed by atoms with Crippen molar-refractivity contribution < 1.29 is 14.6 Å². The number of thiophene rings is 1. The van der Waals surface area contributed by atoms with Crippen LogP contribution < -0.4 is 10.1 Å². The zero-order valence-corrected chi connectivity index (χ0v) is 13.1. The van der Waals surface area contributed by atoms with Gasteiger partial charge in [0.2, 0.25) is 0 Å². The fourth-order valence-corrected chi connectivity index (χ4v) is 2.95. The van der Waals surface area contributed by atoms with Crippen LogP contribution in [0.2, 0.25) is 4.34 Å². The van der Waals surface area contributed by atoms with Gasteiger partial charge in [-0.2, -0.15) is 0 Å². The molecular weight excluding hydrogens is 310 g/mol. The lowest BCUT2D eigenvalue weighted by molar-refractivity contribution is 0.0692. The summed E-state index contributed by atoms with van der Waals surface area (Å²) < 4.78 is 6.29.